The summed E-state index contributed by atoms with van der Waals surface area (Å²) in [7, 11) is 0. The second-order valence-electron chi connectivity index (χ2n) is 10.3. The number of nitroso groups, excluding NO2 is 1. The Hall–Kier alpha value is -4.62. The fraction of sp³-hybridized carbons (Fsp3) is 0.212. The lowest BCUT2D eigenvalue weighted by atomic mass is 9.88. The van der Waals surface area contributed by atoms with Crippen LogP contribution < -0.4 is 11.1 Å². The van der Waals surface area contributed by atoms with Crippen LogP contribution in [-0.2, 0) is 0 Å². The van der Waals surface area contributed by atoms with E-state index in [1.165, 1.54) is 0 Å². The summed E-state index contributed by atoms with van der Waals surface area (Å²) < 4.78 is 0. The van der Waals surface area contributed by atoms with Crippen molar-refractivity contribution in [2.45, 2.75) is 44.8 Å². The second kappa shape index (κ2) is 11.6. The highest BCUT2D eigenvalue weighted by atomic mass is 16.3. The molecule has 0 radical (unpaired) electrons. The van der Waals surface area contributed by atoms with Crippen LogP contribution >= 0.6 is 0 Å². The Morgan fingerprint density at radius 2 is 1.82 bits per heavy atom. The smallest absolute Gasteiger partial charge is 0.250 e. The molecule has 0 spiro atoms. The second-order valence-corrected chi connectivity index (χ2v) is 10.3. The predicted molar refractivity (Wildman–Crippen MR) is 162 cm³/mol. The van der Waals surface area contributed by atoms with Crippen molar-refractivity contribution < 1.29 is 9.90 Å². The molecule has 0 aliphatic heterocycles. The lowest BCUT2D eigenvalue weighted by molar-refractivity contribution is 0.100. The SMILES string of the molecule is C=C(c1ccc(C(N)=O)c(NC2CCC(O)CC2)c1)c1cccc(-c2cnc3ccccc3c2)c1/C=C(/C)N=O. The normalized spacial score (nSPS) is 17.4. The van der Waals surface area contributed by atoms with Crippen LogP contribution in [0, 0.1) is 4.91 Å². The number of nitrogens with one attached hydrogen (secondary N) is 1. The molecule has 1 aromatic heterocycles. The topological polar surface area (TPSA) is 118 Å². The van der Waals surface area contributed by atoms with Crippen LogP contribution in [0.2, 0.25) is 0 Å². The van der Waals surface area contributed by atoms with Gasteiger partial charge in [-0.15, -0.1) is 4.91 Å². The standard InChI is InChI=1S/C33H32N4O3/c1-20(37-40)16-30-27(7-5-8-28(30)24-17-23-6-3-4-9-31(23)35-19-24)21(2)22-10-15-29(33(34)39)32(18-22)36-25-11-13-26(38)14-12-25/h3-10,15-19,25-26,36,38H,2,11-14H2,1H3,(H2,34,39)/b20-16-. The molecular weight excluding hydrogens is 500 g/mol. The number of primary amides is 1. The number of carbonyl (C=O) groups is 1. The van der Waals surface area contributed by atoms with E-state index in [0.29, 0.717) is 29.8 Å². The third-order valence-corrected chi connectivity index (χ3v) is 7.52. The fourth-order valence-electron chi connectivity index (χ4n) is 5.35. The molecule has 4 N–H and O–H groups in total. The van der Waals surface area contributed by atoms with E-state index in [4.69, 9.17) is 5.73 Å². The summed E-state index contributed by atoms with van der Waals surface area (Å²) >= 11 is 0. The Morgan fingerprint density at radius 3 is 2.58 bits per heavy atom. The van der Waals surface area contributed by atoms with Gasteiger partial charge in [0.1, 0.15) is 0 Å². The van der Waals surface area contributed by atoms with Gasteiger partial charge in [0.2, 0.25) is 0 Å². The zero-order chi connectivity index (χ0) is 28.2. The van der Waals surface area contributed by atoms with Crippen molar-refractivity contribution in [3.63, 3.8) is 0 Å². The molecule has 0 bridgehead atoms. The predicted octanol–water partition coefficient (Wildman–Crippen LogP) is 6.90. The van der Waals surface area contributed by atoms with Crippen LogP contribution in [0.4, 0.5) is 5.69 Å². The van der Waals surface area contributed by atoms with E-state index in [1.807, 2.05) is 60.8 Å². The number of carbonyl (C=O) groups excluding carboxylic acids is 1. The number of para-hydroxylation sites is 1. The number of fused-ring (bicyclic) bond motifs is 1. The number of aliphatic hydroxyl groups excluding tert-OH is 1. The van der Waals surface area contributed by atoms with Gasteiger partial charge in [0.05, 0.1) is 22.9 Å². The highest BCUT2D eigenvalue weighted by molar-refractivity contribution is 6.00. The molecule has 7 nitrogen and oxygen atoms in total. The average Bonchev–Trinajstić information content (AvgIpc) is 2.97. The minimum Gasteiger partial charge on any atom is -0.393 e. The maximum atomic E-state index is 12.2. The molecule has 1 heterocycles. The van der Waals surface area contributed by atoms with Gasteiger partial charge in [-0.3, -0.25) is 9.78 Å². The van der Waals surface area contributed by atoms with Crippen LogP contribution in [0.15, 0.2) is 90.4 Å². The van der Waals surface area contributed by atoms with Crippen molar-refractivity contribution in [2.24, 2.45) is 10.9 Å². The summed E-state index contributed by atoms with van der Waals surface area (Å²) in [6.45, 7) is 6.08. The van der Waals surface area contributed by atoms with Crippen LogP contribution in [0.3, 0.4) is 0 Å². The quantitative estimate of drug-likeness (QED) is 0.213. The number of anilines is 1. The molecule has 7 heteroatoms. The van der Waals surface area contributed by atoms with Crippen molar-refractivity contribution >= 4 is 34.1 Å². The van der Waals surface area contributed by atoms with E-state index in [9.17, 15) is 14.8 Å². The number of hydrogen-bond acceptors (Lipinski definition) is 6. The molecule has 1 amide bonds. The highest BCUT2D eigenvalue weighted by Gasteiger charge is 2.22. The number of hydrogen-bond donors (Lipinski definition) is 3. The Labute approximate surface area is 233 Å². The van der Waals surface area contributed by atoms with Crippen molar-refractivity contribution in [2.75, 3.05) is 5.32 Å². The minimum absolute atomic E-state index is 0.133. The van der Waals surface area contributed by atoms with Gasteiger partial charge in [-0.2, -0.15) is 0 Å². The Kier molecular flexibility index (Phi) is 7.84. The zero-order valence-corrected chi connectivity index (χ0v) is 22.4. The molecular formula is C33H32N4O3. The van der Waals surface area contributed by atoms with Crippen LogP contribution in [0.25, 0.3) is 33.7 Å². The van der Waals surface area contributed by atoms with Gasteiger partial charge in [-0.25, -0.2) is 0 Å². The molecule has 1 fully saturated rings. The lowest BCUT2D eigenvalue weighted by Gasteiger charge is -2.28. The average molecular weight is 533 g/mol. The number of aliphatic hydroxyl groups is 1. The summed E-state index contributed by atoms with van der Waals surface area (Å²) in [6.07, 6.45) is 6.36. The molecule has 1 aliphatic rings. The van der Waals surface area contributed by atoms with Crippen molar-refractivity contribution in [3.05, 3.63) is 112 Å². The molecule has 1 aliphatic carbocycles. The fourth-order valence-corrected chi connectivity index (χ4v) is 5.35. The van der Waals surface area contributed by atoms with E-state index >= 15 is 0 Å². The number of nitrogens with two attached hydrogens (primary N) is 1. The van der Waals surface area contributed by atoms with Crippen molar-refractivity contribution in [1.29, 1.82) is 0 Å². The Morgan fingerprint density at radius 1 is 1.05 bits per heavy atom. The highest BCUT2D eigenvalue weighted by Crippen LogP contribution is 2.36. The van der Waals surface area contributed by atoms with E-state index in [0.717, 1.165) is 57.1 Å². The Bertz CT molecular complexity index is 1630. The van der Waals surface area contributed by atoms with Crippen molar-refractivity contribution in [3.8, 4) is 11.1 Å². The van der Waals surface area contributed by atoms with Crippen LogP contribution in [0.5, 0.6) is 0 Å². The van der Waals surface area contributed by atoms with E-state index < -0.39 is 5.91 Å². The monoisotopic (exact) mass is 532 g/mol. The van der Waals surface area contributed by atoms with Gasteiger partial charge in [0.25, 0.3) is 5.91 Å². The number of rotatable bonds is 8. The maximum Gasteiger partial charge on any atom is 0.250 e. The van der Waals surface area contributed by atoms with Gasteiger partial charge >= 0.3 is 0 Å². The largest absolute Gasteiger partial charge is 0.393 e. The van der Waals surface area contributed by atoms with Gasteiger partial charge in [0.15, 0.2) is 0 Å². The minimum atomic E-state index is -0.516. The molecule has 0 saturated heterocycles. The number of benzene rings is 3. The summed E-state index contributed by atoms with van der Waals surface area (Å²) in [5, 5.41) is 17.5. The summed E-state index contributed by atoms with van der Waals surface area (Å²) in [4.78, 5) is 28.3. The molecule has 0 unspecified atom stereocenters. The molecule has 1 saturated carbocycles. The number of pyridine rings is 1. The first-order chi connectivity index (χ1) is 19.3. The molecule has 4 aromatic rings. The molecule has 40 heavy (non-hydrogen) atoms. The van der Waals surface area contributed by atoms with E-state index in [1.54, 1.807) is 19.1 Å². The summed E-state index contributed by atoms with van der Waals surface area (Å²) in [5.41, 5.74) is 12.9. The van der Waals surface area contributed by atoms with E-state index in [-0.39, 0.29) is 12.1 Å². The molecule has 3 aromatic carbocycles. The molecule has 5 rings (SSSR count). The van der Waals surface area contributed by atoms with E-state index in [2.05, 4.69) is 28.1 Å². The van der Waals surface area contributed by atoms with Gasteiger partial charge in [-0.1, -0.05) is 49.0 Å². The van der Waals surface area contributed by atoms with Crippen LogP contribution in [-0.4, -0.2) is 28.1 Å². The number of aromatic nitrogens is 1. The van der Waals surface area contributed by atoms with Gasteiger partial charge in [-0.05, 0) is 96.0 Å². The first-order valence-electron chi connectivity index (χ1n) is 13.4. The number of amides is 1. The third-order valence-electron chi connectivity index (χ3n) is 7.52. The lowest BCUT2D eigenvalue weighted by Crippen LogP contribution is -2.29. The first kappa shape index (κ1) is 27.0. The molecule has 0 atom stereocenters. The molecule has 202 valence electrons. The van der Waals surface area contributed by atoms with Gasteiger partial charge < -0.3 is 16.2 Å². The number of allylic oxidation sites excluding steroid dienone is 1. The summed E-state index contributed by atoms with van der Waals surface area (Å²) in [5.74, 6) is -0.516. The zero-order valence-electron chi connectivity index (χ0n) is 22.4. The van der Waals surface area contributed by atoms with Gasteiger partial charge in [0, 0.05) is 28.9 Å². The van der Waals surface area contributed by atoms with Crippen LogP contribution in [0.1, 0.15) is 59.7 Å². The maximum absolute atomic E-state index is 12.2. The number of nitrogens with zero attached hydrogens (tertiary/aromatic N) is 2. The third kappa shape index (κ3) is 5.70. The summed E-state index contributed by atoms with van der Waals surface area (Å²) in [6, 6.07) is 21.5. The van der Waals surface area contributed by atoms with Crippen molar-refractivity contribution in [1.82, 2.24) is 4.98 Å². The Balaban J connectivity index is 1.58. The first-order valence-corrected chi connectivity index (χ1v) is 13.4.